The fourth-order valence-corrected chi connectivity index (χ4v) is 5.55. The molecule has 2 aliphatic rings. The quantitative estimate of drug-likeness (QED) is 0.407. The summed E-state index contributed by atoms with van der Waals surface area (Å²) in [5, 5.41) is 19.9. The van der Waals surface area contributed by atoms with Gasteiger partial charge in [-0.15, -0.1) is 0 Å². The van der Waals surface area contributed by atoms with Crippen molar-refractivity contribution in [2.24, 2.45) is 5.92 Å². The van der Waals surface area contributed by atoms with E-state index in [0.29, 0.717) is 32.7 Å². The number of carboxylic acid groups (broad SMARTS) is 1. The maximum absolute atomic E-state index is 11.1. The molecule has 7 heteroatoms. The number of rotatable bonds is 12. The summed E-state index contributed by atoms with van der Waals surface area (Å²) >= 11 is 0. The lowest BCUT2D eigenvalue weighted by Crippen LogP contribution is -2.50. The van der Waals surface area contributed by atoms with Crippen molar-refractivity contribution in [2.75, 3.05) is 33.4 Å². The molecule has 4 atom stereocenters. The van der Waals surface area contributed by atoms with Crippen molar-refractivity contribution in [3.8, 4) is 16.9 Å². The van der Waals surface area contributed by atoms with Gasteiger partial charge in [0.2, 0.25) is 0 Å². The molecule has 0 radical (unpaired) electrons. The third kappa shape index (κ3) is 7.65. The second kappa shape index (κ2) is 13.7. The summed E-state index contributed by atoms with van der Waals surface area (Å²) in [5.74, 6) is 0.253. The van der Waals surface area contributed by atoms with Gasteiger partial charge in [0, 0.05) is 37.9 Å². The van der Waals surface area contributed by atoms with E-state index in [1.54, 1.807) is 7.11 Å². The predicted molar refractivity (Wildman–Crippen MR) is 143 cm³/mol. The molecule has 2 aromatic rings. The highest BCUT2D eigenvalue weighted by molar-refractivity contribution is 5.66. The normalized spacial score (nSPS) is 24.5. The van der Waals surface area contributed by atoms with Crippen molar-refractivity contribution in [3.05, 3.63) is 66.2 Å². The molecule has 2 fully saturated rings. The van der Waals surface area contributed by atoms with Crippen LogP contribution in [-0.4, -0.2) is 72.7 Å². The summed E-state index contributed by atoms with van der Waals surface area (Å²) in [6.45, 7) is 3.51. The first-order valence-electron chi connectivity index (χ1n) is 13.3. The third-order valence-corrected chi connectivity index (χ3v) is 7.42. The lowest BCUT2D eigenvalue weighted by molar-refractivity contribution is -0.136. The molecule has 2 aromatic carbocycles. The molecule has 0 spiro atoms. The average Bonchev–Trinajstić information content (AvgIpc) is 3.24. The molecule has 0 aromatic heterocycles. The molecule has 1 heterocycles. The lowest BCUT2D eigenvalue weighted by atomic mass is 9.93. The third-order valence-electron chi connectivity index (χ3n) is 7.42. The maximum Gasteiger partial charge on any atom is 0.303 e. The number of hydrogen-bond donors (Lipinski definition) is 2. The van der Waals surface area contributed by atoms with Gasteiger partial charge in [-0.1, -0.05) is 42.5 Å². The highest BCUT2D eigenvalue weighted by Crippen LogP contribution is 2.37. The SMILES string of the molecule is COc1ccc(-c2cccc(CO[C@H]3C[C@@H](O)[C@H](N4CCOCC4)[C@H]3CCC=CCCC(=O)O)c2)cc1. The highest BCUT2D eigenvalue weighted by atomic mass is 16.5. The number of aliphatic carboxylic acids is 1. The van der Waals surface area contributed by atoms with Gasteiger partial charge in [-0.2, -0.15) is 0 Å². The maximum atomic E-state index is 11.1. The van der Waals surface area contributed by atoms with E-state index in [2.05, 4.69) is 47.4 Å². The molecule has 2 N–H and O–H groups in total. The van der Waals surface area contributed by atoms with Gasteiger partial charge in [0.1, 0.15) is 5.75 Å². The van der Waals surface area contributed by atoms with Crippen LogP contribution in [0, 0.1) is 5.92 Å². The molecule has 1 saturated carbocycles. The van der Waals surface area contributed by atoms with Crippen LogP contribution in [0.4, 0.5) is 0 Å². The number of ether oxygens (including phenoxy) is 3. The lowest BCUT2D eigenvalue weighted by Gasteiger charge is -2.38. The number of allylic oxidation sites excluding steroid dienone is 2. The average molecular weight is 510 g/mol. The van der Waals surface area contributed by atoms with Gasteiger partial charge in [0.15, 0.2) is 0 Å². The number of methoxy groups -OCH3 is 1. The second-order valence-electron chi connectivity index (χ2n) is 9.87. The van der Waals surface area contributed by atoms with E-state index in [-0.39, 0.29) is 24.5 Å². The Morgan fingerprint density at radius 1 is 1.08 bits per heavy atom. The Labute approximate surface area is 219 Å². The van der Waals surface area contributed by atoms with E-state index < -0.39 is 12.1 Å². The van der Waals surface area contributed by atoms with E-state index >= 15 is 0 Å². The fourth-order valence-electron chi connectivity index (χ4n) is 5.55. The van der Waals surface area contributed by atoms with Crippen LogP contribution >= 0.6 is 0 Å². The predicted octanol–water partition coefficient (Wildman–Crippen LogP) is 4.53. The zero-order valence-electron chi connectivity index (χ0n) is 21.6. The van der Waals surface area contributed by atoms with Crippen LogP contribution in [0.5, 0.6) is 5.75 Å². The number of nitrogens with zero attached hydrogens (tertiary/aromatic N) is 1. The van der Waals surface area contributed by atoms with Crippen molar-refractivity contribution in [1.29, 1.82) is 0 Å². The Balaban J connectivity index is 1.41. The number of aliphatic hydroxyl groups excluding tert-OH is 1. The summed E-state index contributed by atoms with van der Waals surface area (Å²) in [4.78, 5) is 13.1. The summed E-state index contributed by atoms with van der Waals surface area (Å²) in [5.41, 5.74) is 3.35. The Hall–Kier alpha value is -2.71. The van der Waals surface area contributed by atoms with Gasteiger partial charge in [-0.05, 0) is 54.2 Å². The molecule has 1 saturated heterocycles. The molecule has 1 aliphatic carbocycles. The number of hydrogen-bond acceptors (Lipinski definition) is 6. The van der Waals surface area contributed by atoms with Gasteiger partial charge in [0.05, 0.1) is 39.1 Å². The minimum absolute atomic E-state index is 0.0418. The van der Waals surface area contributed by atoms with Gasteiger partial charge < -0.3 is 24.4 Å². The molecular formula is C30H39NO6. The van der Waals surface area contributed by atoms with E-state index in [0.717, 1.165) is 48.4 Å². The standard InChI is InChI=1S/C30H39NO6/c1-35-25-13-11-23(12-14-25)24-8-6-7-22(19-24)21-37-28-20-27(32)30(31-15-17-36-18-16-31)26(28)9-4-2-3-5-10-29(33)34/h2-3,6-8,11-14,19,26-28,30,32H,4-5,9-10,15-18,20-21H2,1H3,(H,33,34)/t26-,27+,28-,30+/m0/s1. The number of aliphatic hydroxyl groups is 1. The molecular weight excluding hydrogens is 470 g/mol. The molecule has 0 amide bonds. The number of carboxylic acids is 1. The summed E-state index contributed by atoms with van der Waals surface area (Å²) in [7, 11) is 1.67. The molecule has 37 heavy (non-hydrogen) atoms. The largest absolute Gasteiger partial charge is 0.497 e. The first kappa shape index (κ1) is 27.3. The monoisotopic (exact) mass is 509 g/mol. The Bertz CT molecular complexity index is 1020. The van der Waals surface area contributed by atoms with Crippen LogP contribution in [0.15, 0.2) is 60.7 Å². The fraction of sp³-hybridized carbons (Fsp3) is 0.500. The van der Waals surface area contributed by atoms with Crippen LogP contribution < -0.4 is 4.74 Å². The first-order chi connectivity index (χ1) is 18.0. The number of benzene rings is 2. The van der Waals surface area contributed by atoms with Crippen molar-refractivity contribution in [1.82, 2.24) is 4.90 Å². The summed E-state index contributed by atoms with van der Waals surface area (Å²) in [6, 6.07) is 16.5. The molecule has 0 unspecified atom stereocenters. The molecule has 200 valence electrons. The topological polar surface area (TPSA) is 88.5 Å². The number of morpholine rings is 1. The second-order valence-corrected chi connectivity index (χ2v) is 9.87. The van der Waals surface area contributed by atoms with Crippen LogP contribution in [0.3, 0.4) is 0 Å². The van der Waals surface area contributed by atoms with Crippen LogP contribution in [0.2, 0.25) is 0 Å². The van der Waals surface area contributed by atoms with Crippen LogP contribution in [0.25, 0.3) is 11.1 Å². The summed E-state index contributed by atoms with van der Waals surface area (Å²) < 4.78 is 17.3. The molecule has 1 aliphatic heterocycles. The van der Waals surface area contributed by atoms with Gasteiger partial charge in [0.25, 0.3) is 0 Å². The van der Waals surface area contributed by atoms with Gasteiger partial charge in [-0.3, -0.25) is 9.69 Å². The highest BCUT2D eigenvalue weighted by Gasteiger charge is 2.45. The number of carbonyl (C=O) groups is 1. The van der Waals surface area contributed by atoms with Crippen LogP contribution in [-0.2, 0) is 20.9 Å². The Morgan fingerprint density at radius 3 is 2.57 bits per heavy atom. The zero-order chi connectivity index (χ0) is 26.0. The zero-order valence-corrected chi connectivity index (χ0v) is 21.6. The summed E-state index contributed by atoms with van der Waals surface area (Å²) in [6.07, 6.45) is 6.58. The first-order valence-corrected chi connectivity index (χ1v) is 13.3. The minimum Gasteiger partial charge on any atom is -0.497 e. The van der Waals surface area contributed by atoms with Crippen molar-refractivity contribution in [2.45, 2.75) is 57.0 Å². The smallest absolute Gasteiger partial charge is 0.303 e. The van der Waals surface area contributed by atoms with Gasteiger partial charge in [-0.25, -0.2) is 0 Å². The van der Waals surface area contributed by atoms with Crippen molar-refractivity contribution >= 4 is 5.97 Å². The van der Waals surface area contributed by atoms with Crippen molar-refractivity contribution in [3.63, 3.8) is 0 Å². The Morgan fingerprint density at radius 2 is 1.84 bits per heavy atom. The molecule has 7 nitrogen and oxygen atoms in total. The molecule has 4 rings (SSSR count). The van der Waals surface area contributed by atoms with Crippen molar-refractivity contribution < 1.29 is 29.2 Å². The van der Waals surface area contributed by atoms with E-state index in [9.17, 15) is 9.90 Å². The van der Waals surface area contributed by atoms with E-state index in [1.165, 1.54) is 0 Å². The minimum atomic E-state index is -0.777. The Kier molecular flexibility index (Phi) is 10.1. The van der Waals surface area contributed by atoms with Crippen LogP contribution in [0.1, 0.15) is 37.7 Å². The van der Waals surface area contributed by atoms with E-state index in [4.69, 9.17) is 19.3 Å². The van der Waals surface area contributed by atoms with E-state index in [1.807, 2.05) is 18.2 Å². The molecule has 0 bridgehead atoms. The van der Waals surface area contributed by atoms with Gasteiger partial charge >= 0.3 is 5.97 Å².